The highest BCUT2D eigenvalue weighted by Gasteiger charge is 2.23. The van der Waals surface area contributed by atoms with E-state index in [1.807, 2.05) is 29.1 Å². The van der Waals surface area contributed by atoms with Gasteiger partial charge in [0.1, 0.15) is 6.10 Å². The predicted octanol–water partition coefficient (Wildman–Crippen LogP) is 1.96. The highest BCUT2D eigenvalue weighted by molar-refractivity contribution is 5.81. The lowest BCUT2D eigenvalue weighted by atomic mass is 10.1. The molecule has 1 N–H and O–H groups in total. The molecule has 1 aromatic carbocycles. The van der Waals surface area contributed by atoms with Gasteiger partial charge in [0.15, 0.2) is 0 Å². The molecule has 0 aliphatic carbocycles. The van der Waals surface area contributed by atoms with Crippen LogP contribution < -0.4 is 0 Å². The van der Waals surface area contributed by atoms with Crippen LogP contribution in [0, 0.1) is 0 Å². The molecule has 0 spiro atoms. The van der Waals surface area contributed by atoms with Crippen molar-refractivity contribution < 1.29 is 9.90 Å². The van der Waals surface area contributed by atoms with Crippen molar-refractivity contribution >= 4 is 16.8 Å². The second kappa shape index (κ2) is 7.69. The van der Waals surface area contributed by atoms with Crippen LogP contribution in [0.15, 0.2) is 42.6 Å². The molecule has 7 nitrogen and oxygen atoms in total. The van der Waals surface area contributed by atoms with E-state index >= 15 is 0 Å². The second-order valence-electron chi connectivity index (χ2n) is 7.49. The van der Waals surface area contributed by atoms with Crippen LogP contribution >= 0.6 is 0 Å². The zero-order valence-corrected chi connectivity index (χ0v) is 16.2. The third-order valence-electron chi connectivity index (χ3n) is 5.23. The number of rotatable bonds is 5. The van der Waals surface area contributed by atoms with Gasteiger partial charge >= 0.3 is 0 Å². The number of aliphatic hydroxyl groups is 1. The third-order valence-corrected chi connectivity index (χ3v) is 5.23. The van der Waals surface area contributed by atoms with Gasteiger partial charge in [-0.25, -0.2) is 0 Å². The van der Waals surface area contributed by atoms with Crippen LogP contribution in [0.4, 0.5) is 0 Å². The van der Waals surface area contributed by atoms with Gasteiger partial charge < -0.3 is 10.0 Å². The Balaban J connectivity index is 1.48. The molecule has 1 aliphatic rings. The lowest BCUT2D eigenvalue weighted by molar-refractivity contribution is -0.130. The number of benzene rings is 1. The van der Waals surface area contributed by atoms with Gasteiger partial charge in [0, 0.05) is 45.3 Å². The monoisotopic (exact) mass is 379 g/mol. The highest BCUT2D eigenvalue weighted by Crippen LogP contribution is 2.23. The summed E-state index contributed by atoms with van der Waals surface area (Å²) < 4.78 is 1.94. The van der Waals surface area contributed by atoms with Crippen molar-refractivity contribution in [3.05, 3.63) is 59.5 Å². The van der Waals surface area contributed by atoms with Gasteiger partial charge in [-0.3, -0.25) is 19.4 Å². The molecule has 1 aliphatic heterocycles. The molecule has 7 heteroatoms. The van der Waals surface area contributed by atoms with Crippen LogP contribution in [0.2, 0.25) is 0 Å². The Labute approximate surface area is 164 Å². The quantitative estimate of drug-likeness (QED) is 0.734. The Morgan fingerprint density at radius 3 is 2.93 bits per heavy atom. The molecule has 146 valence electrons. The molecule has 1 unspecified atom stereocenters. The zero-order chi connectivity index (χ0) is 19.7. The predicted molar refractivity (Wildman–Crippen MR) is 106 cm³/mol. The van der Waals surface area contributed by atoms with Gasteiger partial charge in [-0.15, -0.1) is 0 Å². The number of carbonyl (C=O) groups is 1. The van der Waals surface area contributed by atoms with Gasteiger partial charge in [-0.05, 0) is 23.8 Å². The fourth-order valence-corrected chi connectivity index (χ4v) is 3.64. The van der Waals surface area contributed by atoms with Crippen LogP contribution in [-0.4, -0.2) is 56.2 Å². The van der Waals surface area contributed by atoms with E-state index in [9.17, 15) is 9.90 Å². The first-order valence-electron chi connectivity index (χ1n) is 9.51. The van der Waals surface area contributed by atoms with Crippen molar-refractivity contribution in [3.8, 4) is 0 Å². The summed E-state index contributed by atoms with van der Waals surface area (Å²) in [5.74, 6) is -0.107. The Bertz CT molecular complexity index is 992. The molecule has 0 fully saturated rings. The number of nitrogens with zero attached hydrogens (tertiary/aromatic N) is 5. The first-order chi connectivity index (χ1) is 13.5. The van der Waals surface area contributed by atoms with Crippen LogP contribution in [0.3, 0.4) is 0 Å². The van der Waals surface area contributed by atoms with E-state index in [0.717, 1.165) is 37.4 Å². The summed E-state index contributed by atoms with van der Waals surface area (Å²) in [4.78, 5) is 20.1. The smallest absolute Gasteiger partial charge is 0.225 e. The molecule has 0 saturated heterocycles. The minimum Gasteiger partial charge on any atom is -0.386 e. The Kier molecular flexibility index (Phi) is 5.11. The number of aromatic nitrogens is 3. The fourth-order valence-electron chi connectivity index (χ4n) is 3.64. The van der Waals surface area contributed by atoms with Gasteiger partial charge in [0.05, 0.1) is 29.9 Å². The minimum absolute atomic E-state index is 0.0518. The average Bonchev–Trinajstić information content (AvgIpc) is 3.12. The average molecular weight is 379 g/mol. The van der Waals surface area contributed by atoms with E-state index in [4.69, 9.17) is 0 Å². The minimum atomic E-state index is -0.870. The SMILES string of the molecule is CN(C)C(=O)CC(O)c1cc2n(n1)CCN(Cc1cccc3ncccc13)C2. The Morgan fingerprint density at radius 1 is 1.25 bits per heavy atom. The number of pyridine rings is 1. The standard InChI is InChI=1S/C21H25N5O2/c1-24(2)21(28)12-20(27)19-11-16-14-25(9-10-26(16)23-19)13-15-5-3-7-18-17(15)6-4-8-22-18/h3-8,11,20,27H,9-10,12-14H2,1-2H3. The number of fused-ring (bicyclic) bond motifs is 2. The molecule has 3 aromatic rings. The largest absolute Gasteiger partial charge is 0.386 e. The van der Waals surface area contributed by atoms with Crippen LogP contribution in [0.5, 0.6) is 0 Å². The first-order valence-corrected chi connectivity index (χ1v) is 9.51. The zero-order valence-electron chi connectivity index (χ0n) is 16.2. The van der Waals surface area contributed by atoms with Crippen LogP contribution in [-0.2, 0) is 24.4 Å². The van der Waals surface area contributed by atoms with E-state index in [1.165, 1.54) is 15.8 Å². The van der Waals surface area contributed by atoms with Crippen molar-refractivity contribution in [2.45, 2.75) is 32.2 Å². The normalized spacial score (nSPS) is 15.4. The topological polar surface area (TPSA) is 74.5 Å². The summed E-state index contributed by atoms with van der Waals surface area (Å²) in [5.41, 5.74) is 3.91. The number of carbonyl (C=O) groups excluding carboxylic acids is 1. The molecule has 3 heterocycles. The number of hydrogen-bond acceptors (Lipinski definition) is 5. The molecular weight excluding hydrogens is 354 g/mol. The van der Waals surface area contributed by atoms with E-state index in [-0.39, 0.29) is 12.3 Å². The second-order valence-corrected chi connectivity index (χ2v) is 7.49. The van der Waals surface area contributed by atoms with E-state index in [2.05, 4.69) is 33.2 Å². The van der Waals surface area contributed by atoms with E-state index < -0.39 is 6.10 Å². The third kappa shape index (κ3) is 3.76. The summed E-state index contributed by atoms with van der Waals surface area (Å²) in [6.45, 7) is 3.26. The fraction of sp³-hybridized carbons (Fsp3) is 0.381. The van der Waals surface area contributed by atoms with Crippen molar-refractivity contribution in [1.29, 1.82) is 0 Å². The maximum Gasteiger partial charge on any atom is 0.225 e. The molecular formula is C21H25N5O2. The van der Waals surface area contributed by atoms with Crippen LogP contribution in [0.1, 0.15) is 29.5 Å². The van der Waals surface area contributed by atoms with Crippen molar-refractivity contribution in [2.24, 2.45) is 0 Å². The molecule has 0 radical (unpaired) electrons. The van der Waals surface area contributed by atoms with Gasteiger partial charge in [0.2, 0.25) is 5.91 Å². The molecule has 28 heavy (non-hydrogen) atoms. The molecule has 2 aromatic heterocycles. The summed E-state index contributed by atoms with van der Waals surface area (Å²) in [7, 11) is 3.38. The number of aliphatic hydroxyl groups excluding tert-OH is 1. The van der Waals surface area contributed by atoms with Crippen molar-refractivity contribution in [3.63, 3.8) is 0 Å². The van der Waals surface area contributed by atoms with Crippen molar-refractivity contribution in [1.82, 2.24) is 24.6 Å². The number of amides is 1. The maximum absolute atomic E-state index is 11.9. The molecule has 4 rings (SSSR count). The van der Waals surface area contributed by atoms with E-state index in [0.29, 0.717) is 5.69 Å². The van der Waals surface area contributed by atoms with Crippen LogP contribution in [0.25, 0.3) is 10.9 Å². The van der Waals surface area contributed by atoms with E-state index in [1.54, 1.807) is 14.1 Å². The summed E-state index contributed by atoms with van der Waals surface area (Å²) in [6.07, 6.45) is 1.00. The summed E-state index contributed by atoms with van der Waals surface area (Å²) >= 11 is 0. The summed E-state index contributed by atoms with van der Waals surface area (Å²) in [6, 6.07) is 12.2. The Hall–Kier alpha value is -2.77. The van der Waals surface area contributed by atoms with Gasteiger partial charge in [-0.2, -0.15) is 5.10 Å². The lowest BCUT2D eigenvalue weighted by Crippen LogP contribution is -2.33. The first kappa shape index (κ1) is 18.6. The molecule has 1 amide bonds. The summed E-state index contributed by atoms with van der Waals surface area (Å²) in [5, 5.41) is 16.1. The molecule has 1 atom stereocenters. The van der Waals surface area contributed by atoms with Gasteiger partial charge in [0.25, 0.3) is 0 Å². The molecule has 0 saturated carbocycles. The van der Waals surface area contributed by atoms with Gasteiger partial charge in [-0.1, -0.05) is 18.2 Å². The van der Waals surface area contributed by atoms with Crippen molar-refractivity contribution in [2.75, 3.05) is 20.6 Å². The number of hydrogen-bond donors (Lipinski definition) is 1. The highest BCUT2D eigenvalue weighted by atomic mass is 16.3. The lowest BCUT2D eigenvalue weighted by Gasteiger charge is -2.27. The Morgan fingerprint density at radius 2 is 2.11 bits per heavy atom. The molecule has 0 bridgehead atoms. The maximum atomic E-state index is 11.9.